The van der Waals surface area contributed by atoms with Crippen LogP contribution in [-0.2, 0) is 6.42 Å². The summed E-state index contributed by atoms with van der Waals surface area (Å²) >= 11 is 3.49. The molecule has 1 atom stereocenters. The molecule has 1 aliphatic rings. The van der Waals surface area contributed by atoms with Crippen molar-refractivity contribution < 1.29 is 9.15 Å². The molecule has 0 radical (unpaired) electrons. The van der Waals surface area contributed by atoms with Gasteiger partial charge in [-0.15, -0.1) is 0 Å². The van der Waals surface area contributed by atoms with Gasteiger partial charge in [-0.3, -0.25) is 0 Å². The van der Waals surface area contributed by atoms with Gasteiger partial charge in [0.05, 0.1) is 18.9 Å². The number of benzene rings is 1. The summed E-state index contributed by atoms with van der Waals surface area (Å²) in [5, 5.41) is 3.59. The Morgan fingerprint density at radius 2 is 2.20 bits per heavy atom. The van der Waals surface area contributed by atoms with E-state index in [4.69, 9.17) is 9.15 Å². The lowest BCUT2D eigenvalue weighted by molar-refractivity contribution is 0.350. The van der Waals surface area contributed by atoms with E-state index in [1.54, 1.807) is 6.26 Å². The molecule has 1 N–H and O–H groups in total. The molecule has 0 saturated carbocycles. The summed E-state index contributed by atoms with van der Waals surface area (Å²) in [5.41, 5.74) is 3.60. The van der Waals surface area contributed by atoms with Gasteiger partial charge in [0.25, 0.3) is 0 Å². The van der Waals surface area contributed by atoms with Gasteiger partial charge in [0.15, 0.2) is 4.67 Å². The van der Waals surface area contributed by atoms with Crippen LogP contribution in [0.15, 0.2) is 39.6 Å². The third-order valence-corrected chi connectivity index (χ3v) is 4.26. The number of nitrogens with one attached hydrogen (secondary N) is 1. The molecule has 1 aliphatic heterocycles. The number of halogens is 1. The largest absolute Gasteiger partial charge is 0.493 e. The topological polar surface area (TPSA) is 34.4 Å². The first-order chi connectivity index (χ1) is 9.81. The fourth-order valence-electron chi connectivity index (χ4n) is 2.65. The molecule has 1 aromatic carbocycles. The van der Waals surface area contributed by atoms with E-state index in [1.165, 1.54) is 11.1 Å². The first-order valence-corrected chi connectivity index (χ1v) is 7.81. The molecule has 2 heterocycles. The van der Waals surface area contributed by atoms with E-state index in [-0.39, 0.29) is 6.04 Å². The Morgan fingerprint density at radius 1 is 1.30 bits per heavy atom. The van der Waals surface area contributed by atoms with E-state index >= 15 is 0 Å². The van der Waals surface area contributed by atoms with Crippen LogP contribution >= 0.6 is 15.9 Å². The smallest absolute Gasteiger partial charge is 0.174 e. The van der Waals surface area contributed by atoms with Gasteiger partial charge in [0.2, 0.25) is 0 Å². The number of para-hydroxylation sites is 1. The number of ether oxygens (including phenoxy) is 1. The third kappa shape index (κ3) is 2.50. The van der Waals surface area contributed by atoms with Crippen molar-refractivity contribution in [2.24, 2.45) is 0 Å². The normalized spacial score (nSPS) is 14.9. The van der Waals surface area contributed by atoms with Crippen molar-refractivity contribution in [1.29, 1.82) is 0 Å². The van der Waals surface area contributed by atoms with Gasteiger partial charge >= 0.3 is 0 Å². The third-order valence-electron chi connectivity index (χ3n) is 3.61. The zero-order chi connectivity index (χ0) is 13.9. The van der Waals surface area contributed by atoms with Crippen LogP contribution in [0.1, 0.15) is 36.1 Å². The van der Waals surface area contributed by atoms with Crippen LogP contribution in [0.4, 0.5) is 0 Å². The second-order valence-corrected chi connectivity index (χ2v) is 5.69. The molecule has 4 heteroatoms. The summed E-state index contributed by atoms with van der Waals surface area (Å²) < 4.78 is 12.0. The Labute approximate surface area is 127 Å². The van der Waals surface area contributed by atoms with Crippen molar-refractivity contribution in [1.82, 2.24) is 5.32 Å². The first-order valence-electron chi connectivity index (χ1n) is 7.02. The first kappa shape index (κ1) is 13.7. The highest BCUT2D eigenvalue weighted by atomic mass is 79.9. The Kier molecular flexibility index (Phi) is 4.13. The molecular formula is C16H18BrNO2. The lowest BCUT2D eigenvalue weighted by Crippen LogP contribution is -2.23. The average molecular weight is 336 g/mol. The number of hydrogen-bond donors (Lipinski definition) is 1. The summed E-state index contributed by atoms with van der Waals surface area (Å²) in [6, 6.07) is 8.49. The summed E-state index contributed by atoms with van der Waals surface area (Å²) in [6.45, 7) is 3.89. The van der Waals surface area contributed by atoms with Crippen molar-refractivity contribution in [2.45, 2.75) is 25.8 Å². The second kappa shape index (κ2) is 6.02. The average Bonchev–Trinajstić information content (AvgIpc) is 3.09. The van der Waals surface area contributed by atoms with Crippen LogP contribution in [0, 0.1) is 0 Å². The number of hydrogen-bond acceptors (Lipinski definition) is 3. The van der Waals surface area contributed by atoms with E-state index in [0.717, 1.165) is 42.0 Å². The molecule has 106 valence electrons. The van der Waals surface area contributed by atoms with Gasteiger partial charge < -0.3 is 14.5 Å². The minimum absolute atomic E-state index is 0.0936. The van der Waals surface area contributed by atoms with Crippen molar-refractivity contribution >= 4 is 15.9 Å². The van der Waals surface area contributed by atoms with E-state index in [0.29, 0.717) is 0 Å². The fraction of sp³-hybridized carbons (Fsp3) is 0.375. The standard InChI is InChI=1S/C16H18BrNO2/c1-2-8-18-14(13-7-10-20-16(13)17)12-5-3-4-11-6-9-19-15(11)12/h3-5,7,10,14,18H,2,6,8-9H2,1H3. The van der Waals surface area contributed by atoms with Crippen LogP contribution in [0.3, 0.4) is 0 Å². The molecule has 0 aliphatic carbocycles. The summed E-state index contributed by atoms with van der Waals surface area (Å²) in [6.07, 6.45) is 3.79. The zero-order valence-electron chi connectivity index (χ0n) is 11.5. The Balaban J connectivity index is 2.02. The number of rotatable bonds is 5. The minimum atomic E-state index is 0.0936. The van der Waals surface area contributed by atoms with Gasteiger partial charge in [0, 0.05) is 17.5 Å². The molecule has 1 aromatic heterocycles. The molecule has 3 rings (SSSR count). The van der Waals surface area contributed by atoms with Gasteiger partial charge in [-0.1, -0.05) is 25.1 Å². The van der Waals surface area contributed by atoms with Crippen LogP contribution in [0.5, 0.6) is 5.75 Å². The highest BCUT2D eigenvalue weighted by Crippen LogP contribution is 2.38. The maximum atomic E-state index is 5.84. The molecular weight excluding hydrogens is 318 g/mol. The Bertz CT molecular complexity index is 594. The van der Waals surface area contributed by atoms with Gasteiger partial charge in [-0.2, -0.15) is 0 Å². The van der Waals surface area contributed by atoms with E-state index in [9.17, 15) is 0 Å². The SMILES string of the molecule is CCCNC(c1ccoc1Br)c1cccc2c1OCC2. The summed E-state index contributed by atoms with van der Waals surface area (Å²) in [5.74, 6) is 1.04. The van der Waals surface area contributed by atoms with Crippen LogP contribution in [0.2, 0.25) is 0 Å². The van der Waals surface area contributed by atoms with Crippen molar-refractivity contribution in [3.05, 3.63) is 51.9 Å². The molecule has 0 bridgehead atoms. The zero-order valence-corrected chi connectivity index (χ0v) is 13.1. The molecule has 20 heavy (non-hydrogen) atoms. The lowest BCUT2D eigenvalue weighted by Gasteiger charge is -2.20. The highest BCUT2D eigenvalue weighted by molar-refractivity contribution is 9.10. The predicted molar refractivity (Wildman–Crippen MR) is 82.2 cm³/mol. The molecule has 0 fully saturated rings. The summed E-state index contributed by atoms with van der Waals surface area (Å²) in [4.78, 5) is 0. The highest BCUT2D eigenvalue weighted by Gasteiger charge is 2.25. The Hall–Kier alpha value is -1.26. The Morgan fingerprint density at radius 3 is 2.95 bits per heavy atom. The lowest BCUT2D eigenvalue weighted by atomic mass is 9.97. The fourth-order valence-corrected chi connectivity index (χ4v) is 3.12. The van der Waals surface area contributed by atoms with E-state index in [2.05, 4.69) is 46.4 Å². The predicted octanol–water partition coefficient (Wildman–Crippen LogP) is 4.07. The molecule has 1 unspecified atom stereocenters. The molecule has 3 nitrogen and oxygen atoms in total. The van der Waals surface area contributed by atoms with Gasteiger partial charge in [0.1, 0.15) is 5.75 Å². The van der Waals surface area contributed by atoms with Crippen LogP contribution in [0.25, 0.3) is 0 Å². The minimum Gasteiger partial charge on any atom is -0.493 e. The quantitative estimate of drug-likeness (QED) is 0.894. The van der Waals surface area contributed by atoms with Crippen molar-refractivity contribution in [2.75, 3.05) is 13.2 Å². The van der Waals surface area contributed by atoms with Crippen LogP contribution < -0.4 is 10.1 Å². The molecule has 0 saturated heterocycles. The molecule has 2 aromatic rings. The van der Waals surface area contributed by atoms with Crippen LogP contribution in [-0.4, -0.2) is 13.2 Å². The monoisotopic (exact) mass is 335 g/mol. The van der Waals surface area contributed by atoms with Crippen molar-refractivity contribution in [3.63, 3.8) is 0 Å². The number of furan rings is 1. The van der Waals surface area contributed by atoms with Gasteiger partial charge in [-0.05, 0) is 40.5 Å². The second-order valence-electron chi connectivity index (χ2n) is 4.97. The van der Waals surface area contributed by atoms with E-state index < -0.39 is 0 Å². The number of fused-ring (bicyclic) bond motifs is 1. The maximum Gasteiger partial charge on any atom is 0.174 e. The summed E-state index contributed by atoms with van der Waals surface area (Å²) in [7, 11) is 0. The molecule has 0 amide bonds. The maximum absolute atomic E-state index is 5.84. The van der Waals surface area contributed by atoms with E-state index in [1.807, 2.05) is 6.07 Å². The van der Waals surface area contributed by atoms with Gasteiger partial charge in [-0.25, -0.2) is 0 Å². The molecule has 0 spiro atoms. The van der Waals surface area contributed by atoms with Crippen molar-refractivity contribution in [3.8, 4) is 5.75 Å².